The van der Waals surface area contributed by atoms with Gasteiger partial charge in [0.05, 0.1) is 5.56 Å². The Labute approximate surface area is 133 Å². The van der Waals surface area contributed by atoms with Crippen LogP contribution in [0.4, 0.5) is 24.7 Å². The van der Waals surface area contributed by atoms with Gasteiger partial charge >= 0.3 is 6.18 Å². The van der Waals surface area contributed by atoms with Gasteiger partial charge in [-0.15, -0.1) is 0 Å². The highest BCUT2D eigenvalue weighted by atomic mass is 19.4. The number of rotatable bonds is 2. The van der Waals surface area contributed by atoms with Crippen molar-refractivity contribution in [1.29, 1.82) is 0 Å². The summed E-state index contributed by atoms with van der Waals surface area (Å²) in [6.07, 6.45) is -3.01. The van der Waals surface area contributed by atoms with Gasteiger partial charge in [0.25, 0.3) is 5.82 Å². The molecule has 0 amide bonds. The van der Waals surface area contributed by atoms with E-state index in [4.69, 9.17) is 4.42 Å². The lowest BCUT2D eigenvalue weighted by Gasteiger charge is -2.07. The molecule has 2 heterocycles. The number of aromatic nitrogens is 2. The van der Waals surface area contributed by atoms with Gasteiger partial charge in [0.15, 0.2) is 0 Å². The molecule has 2 N–H and O–H groups in total. The monoisotopic (exact) mass is 330 g/mol. The summed E-state index contributed by atoms with van der Waals surface area (Å²) < 4.78 is 44.3. The Bertz CT molecular complexity index is 1040. The number of hydrogen-bond acceptors (Lipinski definition) is 3. The molecule has 0 aliphatic rings. The predicted octanol–water partition coefficient (Wildman–Crippen LogP) is 3.92. The molecule has 120 valence electrons. The predicted molar refractivity (Wildman–Crippen MR) is 82.0 cm³/mol. The summed E-state index contributed by atoms with van der Waals surface area (Å²) in [7, 11) is 0. The summed E-state index contributed by atoms with van der Waals surface area (Å²) in [5.41, 5.74) is 1.44. The van der Waals surface area contributed by atoms with E-state index in [1.54, 1.807) is 11.4 Å². The van der Waals surface area contributed by atoms with Gasteiger partial charge in [-0.25, -0.2) is 4.98 Å². The number of furan rings is 1. The fourth-order valence-corrected chi connectivity index (χ4v) is 2.61. The molecule has 0 saturated heterocycles. The van der Waals surface area contributed by atoms with Crippen LogP contribution in [0, 0.1) is 0 Å². The van der Waals surface area contributed by atoms with E-state index >= 15 is 0 Å². The second kappa shape index (κ2) is 5.31. The summed E-state index contributed by atoms with van der Waals surface area (Å²) in [5.74, 6) is 0.440. The first kappa shape index (κ1) is 14.6. The SMILES string of the molecule is FC(F)(F)c1cccc([NH2+]c2ncnc3c2oc2ccccc23)c1. The number of halogens is 3. The highest BCUT2D eigenvalue weighted by Gasteiger charge is 2.31. The molecule has 0 unspecified atom stereocenters. The quantitative estimate of drug-likeness (QED) is 0.567. The highest BCUT2D eigenvalue weighted by molar-refractivity contribution is 6.04. The van der Waals surface area contributed by atoms with Crippen molar-refractivity contribution < 1.29 is 22.9 Å². The van der Waals surface area contributed by atoms with Crippen LogP contribution in [-0.2, 0) is 6.18 Å². The molecule has 0 saturated carbocycles. The van der Waals surface area contributed by atoms with Crippen molar-refractivity contribution in [3.8, 4) is 0 Å². The second-order valence-electron chi connectivity index (χ2n) is 5.30. The fourth-order valence-electron chi connectivity index (χ4n) is 2.61. The lowest BCUT2D eigenvalue weighted by atomic mass is 10.2. The number of benzene rings is 2. The minimum absolute atomic E-state index is 0.394. The number of nitrogens with zero attached hydrogens (tertiary/aromatic N) is 2. The van der Waals surface area contributed by atoms with Crippen LogP contribution in [0.2, 0.25) is 0 Å². The molecule has 0 aliphatic carbocycles. The number of hydrogen-bond donors (Lipinski definition) is 1. The number of fused-ring (bicyclic) bond motifs is 3. The van der Waals surface area contributed by atoms with Gasteiger partial charge in [-0.2, -0.15) is 18.2 Å². The first-order valence-corrected chi connectivity index (χ1v) is 7.16. The Hall–Kier alpha value is -2.93. The second-order valence-corrected chi connectivity index (χ2v) is 5.30. The number of para-hydroxylation sites is 1. The van der Waals surface area contributed by atoms with Crippen LogP contribution in [-0.4, -0.2) is 9.97 Å². The standard InChI is InChI=1S/C17H10F3N3O/c18-17(19,20)10-4-3-5-11(8-10)23-16-15-14(21-9-22-16)12-6-1-2-7-13(12)24-15/h1-9H,(H,21,22,23)/p+1. The van der Waals surface area contributed by atoms with Crippen LogP contribution < -0.4 is 5.32 Å². The van der Waals surface area contributed by atoms with Crippen molar-refractivity contribution in [2.45, 2.75) is 6.18 Å². The highest BCUT2D eigenvalue weighted by Crippen LogP contribution is 2.31. The van der Waals surface area contributed by atoms with E-state index < -0.39 is 11.7 Å². The van der Waals surface area contributed by atoms with E-state index in [2.05, 4.69) is 9.97 Å². The van der Waals surface area contributed by atoms with Crippen LogP contribution in [0.5, 0.6) is 0 Å². The van der Waals surface area contributed by atoms with Gasteiger partial charge < -0.3 is 4.42 Å². The smallest absolute Gasteiger partial charge is 0.416 e. The van der Waals surface area contributed by atoms with E-state index in [1.165, 1.54) is 12.4 Å². The summed E-state index contributed by atoms with van der Waals surface area (Å²) in [5, 5.41) is 2.40. The minimum Gasteiger partial charge on any atom is -0.446 e. The topological polar surface area (TPSA) is 55.5 Å². The zero-order valence-electron chi connectivity index (χ0n) is 12.2. The van der Waals surface area contributed by atoms with Crippen molar-refractivity contribution in [3.05, 3.63) is 60.4 Å². The van der Waals surface area contributed by atoms with Gasteiger partial charge in [0.2, 0.25) is 5.58 Å². The molecule has 0 spiro atoms. The summed E-state index contributed by atoms with van der Waals surface area (Å²) >= 11 is 0. The third-order valence-electron chi connectivity index (χ3n) is 3.70. The molecule has 0 radical (unpaired) electrons. The van der Waals surface area contributed by atoms with Crippen LogP contribution in [0.3, 0.4) is 0 Å². The number of alkyl halides is 3. The van der Waals surface area contributed by atoms with Gasteiger partial charge in [-0.1, -0.05) is 18.2 Å². The molecule has 0 aliphatic heterocycles. The van der Waals surface area contributed by atoms with Crippen LogP contribution >= 0.6 is 0 Å². The van der Waals surface area contributed by atoms with Crippen molar-refractivity contribution in [1.82, 2.24) is 9.97 Å². The molecular weight excluding hydrogens is 319 g/mol. The summed E-state index contributed by atoms with van der Waals surface area (Å²) in [6, 6.07) is 12.5. The van der Waals surface area contributed by atoms with Crippen LogP contribution in [0.15, 0.2) is 59.3 Å². The first-order chi connectivity index (χ1) is 11.5. The third kappa shape index (κ3) is 2.48. The zero-order chi connectivity index (χ0) is 16.7. The van der Waals surface area contributed by atoms with Crippen molar-refractivity contribution in [2.75, 3.05) is 0 Å². The normalized spacial score (nSPS) is 12.1. The number of quaternary nitrogens is 1. The van der Waals surface area contributed by atoms with E-state index in [9.17, 15) is 13.2 Å². The molecule has 0 atom stereocenters. The average Bonchev–Trinajstić information content (AvgIpc) is 2.94. The Morgan fingerprint density at radius 3 is 2.62 bits per heavy atom. The minimum atomic E-state index is -4.38. The average molecular weight is 330 g/mol. The molecule has 2 aromatic heterocycles. The molecule has 4 aromatic rings. The molecule has 7 heteroatoms. The van der Waals surface area contributed by atoms with Gasteiger partial charge in [-0.3, -0.25) is 5.32 Å². The molecule has 0 bridgehead atoms. The van der Waals surface area contributed by atoms with Crippen molar-refractivity contribution in [3.63, 3.8) is 0 Å². The van der Waals surface area contributed by atoms with Crippen LogP contribution in [0.25, 0.3) is 22.1 Å². The van der Waals surface area contributed by atoms with E-state index in [1.807, 2.05) is 24.3 Å². The maximum absolute atomic E-state index is 12.8. The molecule has 4 nitrogen and oxygen atoms in total. The van der Waals surface area contributed by atoms with Gasteiger partial charge in [-0.05, 0) is 24.3 Å². The van der Waals surface area contributed by atoms with E-state index in [-0.39, 0.29) is 0 Å². The Morgan fingerprint density at radius 1 is 0.958 bits per heavy atom. The zero-order valence-corrected chi connectivity index (χ0v) is 12.2. The lowest BCUT2D eigenvalue weighted by molar-refractivity contribution is -0.481. The maximum atomic E-state index is 12.8. The van der Waals surface area contributed by atoms with Crippen molar-refractivity contribution in [2.24, 2.45) is 0 Å². The number of nitrogens with two attached hydrogens (primary N) is 1. The maximum Gasteiger partial charge on any atom is 0.416 e. The van der Waals surface area contributed by atoms with Crippen LogP contribution in [0.1, 0.15) is 5.56 Å². The molecule has 2 aromatic carbocycles. The summed E-state index contributed by atoms with van der Waals surface area (Å²) in [6.45, 7) is 0. The largest absolute Gasteiger partial charge is 0.446 e. The van der Waals surface area contributed by atoms with Gasteiger partial charge in [0, 0.05) is 11.5 Å². The molecule has 0 fully saturated rings. The summed E-state index contributed by atoms with van der Waals surface area (Å²) in [4.78, 5) is 8.37. The molecule has 24 heavy (non-hydrogen) atoms. The fraction of sp³-hybridized carbons (Fsp3) is 0.0588. The van der Waals surface area contributed by atoms with Crippen molar-refractivity contribution >= 4 is 33.6 Å². The lowest BCUT2D eigenvalue weighted by Crippen LogP contribution is -2.71. The van der Waals surface area contributed by atoms with E-state index in [0.29, 0.717) is 28.2 Å². The molecular formula is C17H11F3N3O+. The Morgan fingerprint density at radius 2 is 1.79 bits per heavy atom. The van der Waals surface area contributed by atoms with Gasteiger partial charge in [0.1, 0.15) is 23.1 Å². The molecule has 4 rings (SSSR count). The van der Waals surface area contributed by atoms with E-state index in [0.717, 1.165) is 17.5 Å². The first-order valence-electron chi connectivity index (χ1n) is 7.16. The Balaban J connectivity index is 1.80. The Kier molecular flexibility index (Phi) is 3.24. The third-order valence-corrected chi connectivity index (χ3v) is 3.70.